The largest absolute Gasteiger partial charge is 0.507 e. The van der Waals surface area contributed by atoms with Crippen molar-refractivity contribution in [3.05, 3.63) is 29.3 Å². The lowest BCUT2D eigenvalue weighted by atomic mass is 10.0. The molecule has 0 aromatic heterocycles. The molecule has 0 saturated heterocycles. The lowest BCUT2D eigenvalue weighted by Gasteiger charge is -2.12. The second kappa shape index (κ2) is 3.59. The van der Waals surface area contributed by atoms with Crippen molar-refractivity contribution in [2.24, 2.45) is 5.73 Å². The summed E-state index contributed by atoms with van der Waals surface area (Å²) in [5.41, 5.74) is 7.53. The maximum Gasteiger partial charge on any atom is 0.123 e. The Kier molecular flexibility index (Phi) is 2.71. The second-order valence-electron chi connectivity index (χ2n) is 3.03. The molecule has 2 nitrogen and oxygen atoms in total. The maximum atomic E-state index is 9.62. The van der Waals surface area contributed by atoms with Crippen molar-refractivity contribution in [2.75, 3.05) is 0 Å². The number of benzene rings is 1. The number of phenolic OH excluding ortho intramolecular Hbond substituents is 1. The Labute approximate surface area is 73.0 Å². The van der Waals surface area contributed by atoms with E-state index in [0.29, 0.717) is 5.75 Å². The van der Waals surface area contributed by atoms with E-state index < -0.39 is 0 Å². The third kappa shape index (κ3) is 1.59. The van der Waals surface area contributed by atoms with E-state index in [0.717, 1.165) is 17.5 Å². The van der Waals surface area contributed by atoms with Gasteiger partial charge in [0.15, 0.2) is 0 Å². The molecule has 1 aromatic rings. The average Bonchev–Trinajstić information content (AvgIpc) is 2.08. The number of aromatic hydroxyl groups is 1. The minimum Gasteiger partial charge on any atom is -0.507 e. The van der Waals surface area contributed by atoms with Gasteiger partial charge in [-0.1, -0.05) is 25.1 Å². The summed E-state index contributed by atoms with van der Waals surface area (Å²) >= 11 is 0. The summed E-state index contributed by atoms with van der Waals surface area (Å²) in [6, 6.07) is 5.61. The number of hydrogen-bond donors (Lipinski definition) is 2. The quantitative estimate of drug-likeness (QED) is 0.705. The molecule has 12 heavy (non-hydrogen) atoms. The lowest BCUT2D eigenvalue weighted by Crippen LogP contribution is -2.08. The van der Waals surface area contributed by atoms with Crippen molar-refractivity contribution in [1.82, 2.24) is 0 Å². The van der Waals surface area contributed by atoms with Crippen LogP contribution in [-0.2, 0) is 0 Å². The fraction of sp³-hybridized carbons (Fsp3) is 0.400. The second-order valence-corrected chi connectivity index (χ2v) is 3.03. The molecule has 0 amide bonds. The Bertz CT molecular complexity index is 271. The SMILES string of the molecule is CCC(N)c1cccc(C)c1O. The molecule has 0 heterocycles. The number of aryl methyl sites for hydroxylation is 1. The molecule has 0 spiro atoms. The van der Waals surface area contributed by atoms with E-state index in [2.05, 4.69) is 0 Å². The van der Waals surface area contributed by atoms with Crippen LogP contribution in [0.1, 0.15) is 30.5 Å². The van der Waals surface area contributed by atoms with Crippen molar-refractivity contribution >= 4 is 0 Å². The molecular weight excluding hydrogens is 150 g/mol. The first kappa shape index (κ1) is 9.07. The topological polar surface area (TPSA) is 46.2 Å². The van der Waals surface area contributed by atoms with Crippen LogP contribution in [0.2, 0.25) is 0 Å². The molecule has 0 saturated carbocycles. The van der Waals surface area contributed by atoms with Gasteiger partial charge in [-0.25, -0.2) is 0 Å². The average molecular weight is 165 g/mol. The highest BCUT2D eigenvalue weighted by molar-refractivity contribution is 5.41. The number of phenols is 1. The first-order chi connectivity index (χ1) is 5.66. The van der Waals surface area contributed by atoms with Gasteiger partial charge in [0.2, 0.25) is 0 Å². The Morgan fingerprint density at radius 1 is 1.50 bits per heavy atom. The van der Waals surface area contributed by atoms with Crippen LogP contribution in [0.3, 0.4) is 0 Å². The van der Waals surface area contributed by atoms with Crippen LogP contribution in [0.5, 0.6) is 5.75 Å². The summed E-state index contributed by atoms with van der Waals surface area (Å²) in [5, 5.41) is 9.62. The van der Waals surface area contributed by atoms with E-state index in [1.807, 2.05) is 32.0 Å². The zero-order valence-corrected chi connectivity index (χ0v) is 7.54. The van der Waals surface area contributed by atoms with Crippen LogP contribution >= 0.6 is 0 Å². The van der Waals surface area contributed by atoms with Gasteiger partial charge in [-0.05, 0) is 18.9 Å². The van der Waals surface area contributed by atoms with Gasteiger partial charge >= 0.3 is 0 Å². The van der Waals surface area contributed by atoms with Gasteiger partial charge < -0.3 is 10.8 Å². The molecule has 1 atom stereocenters. The fourth-order valence-corrected chi connectivity index (χ4v) is 1.20. The normalized spacial score (nSPS) is 12.9. The minimum atomic E-state index is -0.0510. The maximum absolute atomic E-state index is 9.62. The van der Waals surface area contributed by atoms with Crippen LogP contribution < -0.4 is 5.73 Å². The Balaban J connectivity index is 3.07. The smallest absolute Gasteiger partial charge is 0.123 e. The molecular formula is C10H15NO. The lowest BCUT2D eigenvalue weighted by molar-refractivity contribution is 0.456. The minimum absolute atomic E-state index is 0.0510. The van der Waals surface area contributed by atoms with Crippen molar-refractivity contribution in [3.63, 3.8) is 0 Å². The Morgan fingerprint density at radius 3 is 2.75 bits per heavy atom. The van der Waals surface area contributed by atoms with Gasteiger partial charge in [0.1, 0.15) is 5.75 Å². The van der Waals surface area contributed by atoms with Gasteiger partial charge in [0.25, 0.3) is 0 Å². The summed E-state index contributed by atoms with van der Waals surface area (Å²) in [5.74, 6) is 0.340. The molecule has 2 heteroatoms. The molecule has 3 N–H and O–H groups in total. The standard InChI is InChI=1S/C10H15NO/c1-3-9(11)8-6-4-5-7(2)10(8)12/h4-6,9,12H,3,11H2,1-2H3. The van der Waals surface area contributed by atoms with Gasteiger partial charge in [0.05, 0.1) is 0 Å². The first-order valence-corrected chi connectivity index (χ1v) is 4.20. The molecule has 1 unspecified atom stereocenters. The molecule has 1 aromatic carbocycles. The van der Waals surface area contributed by atoms with E-state index >= 15 is 0 Å². The molecule has 0 aliphatic heterocycles. The van der Waals surface area contributed by atoms with E-state index in [-0.39, 0.29) is 6.04 Å². The third-order valence-corrected chi connectivity index (χ3v) is 2.11. The summed E-state index contributed by atoms with van der Waals surface area (Å²) in [4.78, 5) is 0. The van der Waals surface area contributed by atoms with E-state index in [1.165, 1.54) is 0 Å². The third-order valence-electron chi connectivity index (χ3n) is 2.11. The predicted molar refractivity (Wildman–Crippen MR) is 50.1 cm³/mol. The summed E-state index contributed by atoms with van der Waals surface area (Å²) in [6.07, 6.45) is 0.844. The molecule has 0 fully saturated rings. The highest BCUT2D eigenvalue weighted by Crippen LogP contribution is 2.27. The van der Waals surface area contributed by atoms with Crippen molar-refractivity contribution in [2.45, 2.75) is 26.3 Å². The van der Waals surface area contributed by atoms with E-state index in [4.69, 9.17) is 5.73 Å². The Morgan fingerprint density at radius 2 is 2.17 bits per heavy atom. The zero-order chi connectivity index (χ0) is 9.14. The number of hydrogen-bond acceptors (Lipinski definition) is 2. The number of rotatable bonds is 2. The van der Waals surface area contributed by atoms with Crippen molar-refractivity contribution in [3.8, 4) is 5.75 Å². The van der Waals surface area contributed by atoms with Gasteiger partial charge in [-0.15, -0.1) is 0 Å². The molecule has 0 radical (unpaired) electrons. The number of para-hydroxylation sites is 1. The first-order valence-electron chi connectivity index (χ1n) is 4.20. The van der Waals surface area contributed by atoms with Crippen LogP contribution in [0.15, 0.2) is 18.2 Å². The van der Waals surface area contributed by atoms with Crippen molar-refractivity contribution in [1.29, 1.82) is 0 Å². The van der Waals surface area contributed by atoms with Crippen LogP contribution in [0.4, 0.5) is 0 Å². The summed E-state index contributed by atoms with van der Waals surface area (Å²) < 4.78 is 0. The highest BCUT2D eigenvalue weighted by atomic mass is 16.3. The van der Waals surface area contributed by atoms with E-state index in [1.54, 1.807) is 0 Å². The van der Waals surface area contributed by atoms with E-state index in [9.17, 15) is 5.11 Å². The van der Waals surface area contributed by atoms with Crippen LogP contribution in [0, 0.1) is 6.92 Å². The summed E-state index contributed by atoms with van der Waals surface area (Å²) in [7, 11) is 0. The molecule has 0 aliphatic rings. The monoisotopic (exact) mass is 165 g/mol. The fourth-order valence-electron chi connectivity index (χ4n) is 1.20. The van der Waals surface area contributed by atoms with Crippen molar-refractivity contribution < 1.29 is 5.11 Å². The molecule has 66 valence electrons. The molecule has 1 rings (SSSR count). The number of nitrogens with two attached hydrogens (primary N) is 1. The predicted octanol–water partition coefficient (Wildman–Crippen LogP) is 2.11. The highest BCUT2D eigenvalue weighted by Gasteiger charge is 2.09. The van der Waals surface area contributed by atoms with Gasteiger partial charge in [-0.3, -0.25) is 0 Å². The zero-order valence-electron chi connectivity index (χ0n) is 7.54. The Hall–Kier alpha value is -1.02. The summed E-state index contributed by atoms with van der Waals surface area (Å²) in [6.45, 7) is 3.88. The van der Waals surface area contributed by atoms with Crippen LogP contribution in [0.25, 0.3) is 0 Å². The van der Waals surface area contributed by atoms with Crippen LogP contribution in [-0.4, -0.2) is 5.11 Å². The van der Waals surface area contributed by atoms with Gasteiger partial charge in [0, 0.05) is 11.6 Å². The van der Waals surface area contributed by atoms with Gasteiger partial charge in [-0.2, -0.15) is 0 Å². The molecule has 0 aliphatic carbocycles. The molecule has 0 bridgehead atoms.